The Morgan fingerprint density at radius 2 is 2.44 bits per heavy atom. The molecule has 2 rings (SSSR count). The van der Waals surface area contributed by atoms with Crippen LogP contribution in [0.4, 0.5) is 0 Å². The Hall–Kier alpha value is -1.67. The molecular weight excluding hydrogens is 220 g/mol. The summed E-state index contributed by atoms with van der Waals surface area (Å²) in [5.41, 5.74) is 1.27. The van der Waals surface area contributed by atoms with E-state index in [1.54, 1.807) is 11.3 Å². The first-order valence-electron chi connectivity index (χ1n) is 5.24. The zero-order valence-corrected chi connectivity index (χ0v) is 9.87. The minimum absolute atomic E-state index is 0.415. The van der Waals surface area contributed by atoms with Gasteiger partial charge in [-0.05, 0) is 17.9 Å². The highest BCUT2D eigenvalue weighted by atomic mass is 32.1. The van der Waals surface area contributed by atoms with Gasteiger partial charge in [-0.1, -0.05) is 24.6 Å². The quantitative estimate of drug-likeness (QED) is 0.814. The smallest absolute Gasteiger partial charge is 0.191 e. The average molecular weight is 232 g/mol. The number of aromatic nitrogens is 3. The fraction of sp³-hybridized carbons (Fsp3) is 0.364. The summed E-state index contributed by atoms with van der Waals surface area (Å²) in [4.78, 5) is 1.05. The van der Waals surface area contributed by atoms with Crippen LogP contribution in [0.15, 0.2) is 17.5 Å². The van der Waals surface area contributed by atoms with Gasteiger partial charge >= 0.3 is 0 Å². The maximum absolute atomic E-state index is 8.99. The van der Waals surface area contributed by atoms with Gasteiger partial charge < -0.3 is 0 Å². The van der Waals surface area contributed by atoms with E-state index in [-0.39, 0.29) is 0 Å². The van der Waals surface area contributed by atoms with E-state index < -0.39 is 0 Å². The molecule has 0 spiro atoms. The van der Waals surface area contributed by atoms with E-state index in [1.165, 1.54) is 0 Å². The van der Waals surface area contributed by atoms with Crippen molar-refractivity contribution >= 4 is 11.3 Å². The summed E-state index contributed by atoms with van der Waals surface area (Å²) in [6, 6.07) is 6.06. The molecule has 2 aromatic rings. The Kier molecular flexibility index (Phi) is 3.32. The lowest BCUT2D eigenvalue weighted by atomic mass is 10.2. The Morgan fingerprint density at radius 3 is 3.06 bits per heavy atom. The Balaban J connectivity index is 2.40. The molecule has 5 heteroatoms. The van der Waals surface area contributed by atoms with Gasteiger partial charge in [0.2, 0.25) is 0 Å². The van der Waals surface area contributed by atoms with Crippen LogP contribution >= 0.6 is 11.3 Å². The molecule has 0 fully saturated rings. The van der Waals surface area contributed by atoms with Gasteiger partial charge in [-0.2, -0.15) is 5.26 Å². The molecule has 16 heavy (non-hydrogen) atoms. The number of aryl methyl sites for hydroxylation is 1. The molecule has 0 radical (unpaired) electrons. The van der Waals surface area contributed by atoms with Crippen LogP contribution in [0.5, 0.6) is 0 Å². The number of hydrogen-bond acceptors (Lipinski definition) is 4. The molecule has 2 heterocycles. The van der Waals surface area contributed by atoms with Crippen molar-refractivity contribution < 1.29 is 0 Å². The van der Waals surface area contributed by atoms with Crippen molar-refractivity contribution in [2.45, 2.75) is 26.3 Å². The van der Waals surface area contributed by atoms with Gasteiger partial charge in [0.25, 0.3) is 0 Å². The number of nitriles is 1. The summed E-state index contributed by atoms with van der Waals surface area (Å²) in [7, 11) is 0. The molecular formula is C11H12N4S. The van der Waals surface area contributed by atoms with Gasteiger partial charge in [0.15, 0.2) is 5.69 Å². The number of hydrogen-bond donors (Lipinski definition) is 0. The van der Waals surface area contributed by atoms with Gasteiger partial charge in [0, 0.05) is 6.54 Å². The minimum atomic E-state index is 0.415. The third-order valence-electron chi connectivity index (χ3n) is 2.32. The number of thiophene rings is 1. The summed E-state index contributed by atoms with van der Waals surface area (Å²) in [6.07, 6.45) is 2.15. The molecule has 0 aromatic carbocycles. The van der Waals surface area contributed by atoms with E-state index in [0.717, 1.165) is 30.0 Å². The van der Waals surface area contributed by atoms with Crippen LogP contribution in [-0.4, -0.2) is 15.0 Å². The highest BCUT2D eigenvalue weighted by molar-refractivity contribution is 7.13. The van der Waals surface area contributed by atoms with E-state index in [2.05, 4.69) is 23.3 Å². The lowest BCUT2D eigenvalue weighted by Gasteiger charge is -2.03. The van der Waals surface area contributed by atoms with Crippen LogP contribution in [0.3, 0.4) is 0 Å². The molecule has 82 valence electrons. The Labute approximate surface area is 98.1 Å². The zero-order valence-electron chi connectivity index (χ0n) is 9.05. The summed E-state index contributed by atoms with van der Waals surface area (Å²) in [5, 5.41) is 18.9. The van der Waals surface area contributed by atoms with E-state index in [1.807, 2.05) is 22.2 Å². The molecule has 0 amide bonds. The van der Waals surface area contributed by atoms with Crippen molar-refractivity contribution in [3.63, 3.8) is 0 Å². The number of unbranched alkanes of at least 4 members (excludes halogenated alkanes) is 1. The predicted molar refractivity (Wildman–Crippen MR) is 63.0 cm³/mol. The fourth-order valence-corrected chi connectivity index (χ4v) is 2.28. The first kappa shape index (κ1) is 10.8. The predicted octanol–water partition coefficient (Wildman–Crippen LogP) is 2.68. The third kappa shape index (κ3) is 1.97. The van der Waals surface area contributed by atoms with Crippen LogP contribution in [0.1, 0.15) is 25.5 Å². The van der Waals surface area contributed by atoms with Gasteiger partial charge in [-0.25, -0.2) is 4.68 Å². The molecule has 0 saturated heterocycles. The fourth-order valence-electron chi connectivity index (χ4n) is 1.51. The molecule has 0 aliphatic rings. The molecule has 0 unspecified atom stereocenters. The second-order valence-corrected chi connectivity index (χ2v) is 4.40. The van der Waals surface area contributed by atoms with Gasteiger partial charge in [-0.15, -0.1) is 16.4 Å². The average Bonchev–Trinajstić information content (AvgIpc) is 2.94. The second-order valence-electron chi connectivity index (χ2n) is 3.45. The monoisotopic (exact) mass is 232 g/mol. The first-order valence-corrected chi connectivity index (χ1v) is 6.12. The summed E-state index contributed by atoms with van der Waals surface area (Å²) >= 11 is 1.61. The summed E-state index contributed by atoms with van der Waals surface area (Å²) in [6.45, 7) is 2.95. The lowest BCUT2D eigenvalue weighted by molar-refractivity contribution is 0.558. The van der Waals surface area contributed by atoms with Crippen LogP contribution in [0.25, 0.3) is 10.6 Å². The highest BCUT2D eigenvalue weighted by Crippen LogP contribution is 2.26. The van der Waals surface area contributed by atoms with Crippen LogP contribution in [-0.2, 0) is 6.54 Å². The second kappa shape index (κ2) is 4.90. The van der Waals surface area contributed by atoms with Crippen LogP contribution in [0, 0.1) is 11.3 Å². The highest BCUT2D eigenvalue weighted by Gasteiger charge is 2.14. The van der Waals surface area contributed by atoms with Gasteiger partial charge in [-0.3, -0.25) is 0 Å². The van der Waals surface area contributed by atoms with Crippen molar-refractivity contribution in [2.24, 2.45) is 0 Å². The first-order chi connectivity index (χ1) is 7.86. The van der Waals surface area contributed by atoms with Crippen molar-refractivity contribution in [3.05, 3.63) is 23.2 Å². The molecule has 0 aliphatic carbocycles. The SMILES string of the molecule is CCCCn1nnc(C#N)c1-c1cccs1. The van der Waals surface area contributed by atoms with Crippen molar-refractivity contribution in [1.82, 2.24) is 15.0 Å². The van der Waals surface area contributed by atoms with Crippen molar-refractivity contribution in [3.8, 4) is 16.6 Å². The third-order valence-corrected chi connectivity index (χ3v) is 3.20. The topological polar surface area (TPSA) is 54.5 Å². The van der Waals surface area contributed by atoms with Crippen LogP contribution in [0.2, 0.25) is 0 Å². The van der Waals surface area contributed by atoms with E-state index in [0.29, 0.717) is 5.69 Å². The van der Waals surface area contributed by atoms with Crippen LogP contribution < -0.4 is 0 Å². The zero-order chi connectivity index (χ0) is 11.4. The molecule has 0 saturated carbocycles. The van der Waals surface area contributed by atoms with Crippen molar-refractivity contribution in [2.75, 3.05) is 0 Å². The van der Waals surface area contributed by atoms with E-state index in [9.17, 15) is 0 Å². The summed E-state index contributed by atoms with van der Waals surface area (Å²) in [5.74, 6) is 0. The normalized spacial score (nSPS) is 10.2. The van der Waals surface area contributed by atoms with Crippen molar-refractivity contribution in [1.29, 1.82) is 5.26 Å². The standard InChI is InChI=1S/C11H12N4S/c1-2-3-6-15-11(9(8-12)13-14-15)10-5-4-7-16-10/h4-5,7H,2-3,6H2,1H3. The maximum atomic E-state index is 8.99. The molecule has 0 bridgehead atoms. The Bertz CT molecular complexity index is 493. The molecule has 0 aliphatic heterocycles. The minimum Gasteiger partial charge on any atom is -0.242 e. The maximum Gasteiger partial charge on any atom is 0.191 e. The van der Waals surface area contributed by atoms with Gasteiger partial charge in [0.05, 0.1) is 4.88 Å². The van der Waals surface area contributed by atoms with Gasteiger partial charge in [0.1, 0.15) is 11.8 Å². The lowest BCUT2D eigenvalue weighted by Crippen LogP contribution is -2.01. The molecule has 0 atom stereocenters. The molecule has 0 N–H and O–H groups in total. The van der Waals surface area contributed by atoms with E-state index in [4.69, 9.17) is 5.26 Å². The molecule has 4 nitrogen and oxygen atoms in total. The largest absolute Gasteiger partial charge is 0.242 e. The number of rotatable bonds is 4. The summed E-state index contributed by atoms with van der Waals surface area (Å²) < 4.78 is 1.83. The molecule has 2 aromatic heterocycles. The Morgan fingerprint density at radius 1 is 1.56 bits per heavy atom. The van der Waals surface area contributed by atoms with E-state index >= 15 is 0 Å². The number of nitrogens with zero attached hydrogens (tertiary/aromatic N) is 4.